The molecule has 0 aromatic rings. The van der Waals surface area contributed by atoms with E-state index < -0.39 is 0 Å². The van der Waals surface area contributed by atoms with Gasteiger partial charge in [0.15, 0.2) is 0 Å². The van der Waals surface area contributed by atoms with Gasteiger partial charge < -0.3 is 21.3 Å². The number of allylic oxidation sites excluding steroid dienone is 8. The van der Waals surface area contributed by atoms with Crippen molar-refractivity contribution in [1.29, 1.82) is 0 Å². The van der Waals surface area contributed by atoms with Crippen molar-refractivity contribution in [3.8, 4) is 0 Å². The van der Waals surface area contributed by atoms with E-state index in [-0.39, 0.29) is 16.6 Å². The molecule has 0 spiro atoms. The number of fused-ring (bicyclic) bond motifs is 2. The monoisotopic (exact) mass is 493 g/mol. The van der Waals surface area contributed by atoms with E-state index >= 15 is 0 Å². The molecule has 0 bridgehead atoms. The van der Waals surface area contributed by atoms with Crippen LogP contribution in [0.15, 0.2) is 87.3 Å². The second-order valence-electron chi connectivity index (χ2n) is 9.91. The van der Waals surface area contributed by atoms with Crippen LogP contribution in [0.1, 0.15) is 40.0 Å². The average Bonchev–Trinajstić information content (AvgIpc) is 3.52. The zero-order valence-corrected chi connectivity index (χ0v) is 21.9. The molecule has 2 aliphatic heterocycles. The topological polar surface area (TPSA) is 60.5 Å². The molecule has 1 saturated carbocycles. The highest BCUT2D eigenvalue weighted by molar-refractivity contribution is 8.15. The van der Waals surface area contributed by atoms with Crippen LogP contribution in [0.3, 0.4) is 0 Å². The van der Waals surface area contributed by atoms with Gasteiger partial charge in [0, 0.05) is 38.2 Å². The minimum absolute atomic E-state index is 0.0753. The van der Waals surface area contributed by atoms with Crippen molar-refractivity contribution in [3.05, 3.63) is 82.3 Å². The van der Waals surface area contributed by atoms with E-state index in [9.17, 15) is 4.39 Å². The number of hydrogen-bond donors (Lipinski definition) is 4. The molecule has 5 aliphatic rings. The molecule has 1 fully saturated rings. The highest BCUT2D eigenvalue weighted by Gasteiger charge is 2.59. The van der Waals surface area contributed by atoms with Crippen molar-refractivity contribution in [3.63, 3.8) is 0 Å². The van der Waals surface area contributed by atoms with Crippen molar-refractivity contribution in [2.24, 2.45) is 16.3 Å². The molecule has 4 unspecified atom stereocenters. The van der Waals surface area contributed by atoms with Crippen LogP contribution in [0, 0.1) is 11.3 Å². The predicted octanol–water partition coefficient (Wildman–Crippen LogP) is 4.94. The fourth-order valence-electron chi connectivity index (χ4n) is 5.67. The van der Waals surface area contributed by atoms with Crippen molar-refractivity contribution >= 4 is 16.8 Å². The SMILES string of the molecule is CCNC1=C(NC)NC2SC(C3=CC=CCC4(C(C)NCC5=CC=CCC(F)=C5)CC34)=NC2=C1C. The molecule has 4 atom stereocenters. The number of aliphatic imine (C=N–C) groups is 1. The minimum atomic E-state index is -0.0753. The van der Waals surface area contributed by atoms with Crippen LogP contribution in [-0.2, 0) is 0 Å². The van der Waals surface area contributed by atoms with E-state index in [1.165, 1.54) is 11.1 Å². The summed E-state index contributed by atoms with van der Waals surface area (Å²) in [5, 5.41) is 15.4. The number of nitrogens with zero attached hydrogens (tertiary/aromatic N) is 1. The number of hydrogen-bond acceptors (Lipinski definition) is 6. The molecule has 0 aromatic carbocycles. The lowest BCUT2D eigenvalue weighted by Gasteiger charge is -2.28. The second-order valence-corrected chi connectivity index (χ2v) is 11.0. The summed E-state index contributed by atoms with van der Waals surface area (Å²) in [7, 11) is 1.95. The molecule has 0 amide bonds. The first-order valence-electron chi connectivity index (χ1n) is 12.7. The Morgan fingerprint density at radius 2 is 2.11 bits per heavy atom. The summed E-state index contributed by atoms with van der Waals surface area (Å²) in [4.78, 5) is 5.17. The smallest absolute Gasteiger partial charge is 0.124 e. The molecule has 3 aliphatic carbocycles. The molecule has 0 aromatic heterocycles. The van der Waals surface area contributed by atoms with Crippen LogP contribution in [0.2, 0.25) is 0 Å². The van der Waals surface area contributed by atoms with Crippen molar-refractivity contribution in [2.45, 2.75) is 51.4 Å². The number of rotatable bonds is 8. The number of nitrogens with one attached hydrogen (secondary N) is 4. The Hall–Kier alpha value is -2.51. The number of dihydropyridines is 1. The molecule has 0 saturated heterocycles. The van der Waals surface area contributed by atoms with Crippen LogP contribution in [0.5, 0.6) is 0 Å². The van der Waals surface area contributed by atoms with E-state index in [0.29, 0.717) is 24.9 Å². The number of thioether (sulfide) groups is 1. The van der Waals surface area contributed by atoms with Gasteiger partial charge in [-0.05, 0) is 62.2 Å². The first kappa shape index (κ1) is 24.2. The summed E-state index contributed by atoms with van der Waals surface area (Å²) in [6, 6.07) is 0.314. The van der Waals surface area contributed by atoms with E-state index in [0.717, 1.165) is 47.2 Å². The van der Waals surface area contributed by atoms with Crippen molar-refractivity contribution in [2.75, 3.05) is 20.1 Å². The maximum Gasteiger partial charge on any atom is 0.124 e. The molecule has 7 heteroatoms. The van der Waals surface area contributed by atoms with Crippen LogP contribution >= 0.6 is 11.8 Å². The van der Waals surface area contributed by atoms with Crippen LogP contribution in [0.25, 0.3) is 0 Å². The van der Waals surface area contributed by atoms with Gasteiger partial charge in [-0.1, -0.05) is 48.2 Å². The number of halogens is 1. The molecule has 2 heterocycles. The molecular weight excluding hydrogens is 457 g/mol. The van der Waals surface area contributed by atoms with Gasteiger partial charge in [0.05, 0.1) is 11.4 Å². The maximum atomic E-state index is 13.9. The zero-order valence-electron chi connectivity index (χ0n) is 21.0. The van der Waals surface area contributed by atoms with Gasteiger partial charge in [0.25, 0.3) is 0 Å². The fraction of sp³-hybridized carbons (Fsp3) is 0.464. The zero-order chi connectivity index (χ0) is 24.6. The predicted molar refractivity (Wildman–Crippen MR) is 145 cm³/mol. The van der Waals surface area contributed by atoms with Gasteiger partial charge >= 0.3 is 0 Å². The van der Waals surface area contributed by atoms with Gasteiger partial charge in [0.1, 0.15) is 22.1 Å². The average molecular weight is 494 g/mol. The third-order valence-electron chi connectivity index (χ3n) is 7.81. The van der Waals surface area contributed by atoms with Crippen molar-refractivity contribution in [1.82, 2.24) is 21.3 Å². The molecule has 186 valence electrons. The van der Waals surface area contributed by atoms with Crippen LogP contribution < -0.4 is 21.3 Å². The first-order chi connectivity index (χ1) is 17.0. The first-order valence-corrected chi connectivity index (χ1v) is 13.6. The quantitative estimate of drug-likeness (QED) is 0.386. The second kappa shape index (κ2) is 9.86. The highest BCUT2D eigenvalue weighted by atomic mass is 32.2. The van der Waals surface area contributed by atoms with Gasteiger partial charge in [-0.3, -0.25) is 0 Å². The minimum Gasteiger partial charge on any atom is -0.382 e. The van der Waals surface area contributed by atoms with Gasteiger partial charge in [-0.2, -0.15) is 0 Å². The summed E-state index contributed by atoms with van der Waals surface area (Å²) in [6.07, 6.45) is 16.9. The molecule has 35 heavy (non-hydrogen) atoms. The molecular formula is C28H36FN5S. The normalized spacial score (nSPS) is 30.2. The number of likely N-dealkylation sites (N-methyl/N-ethyl adjacent to an activating group) is 1. The molecule has 0 radical (unpaired) electrons. The summed E-state index contributed by atoms with van der Waals surface area (Å²) in [6.45, 7) is 8.10. The lowest BCUT2D eigenvalue weighted by molar-refractivity contribution is 0.346. The Kier molecular flexibility index (Phi) is 6.82. The van der Waals surface area contributed by atoms with Crippen LogP contribution in [-0.4, -0.2) is 36.6 Å². The third kappa shape index (κ3) is 4.56. The lowest BCUT2D eigenvalue weighted by atomic mass is 9.89. The lowest BCUT2D eigenvalue weighted by Crippen LogP contribution is -2.39. The van der Waals surface area contributed by atoms with E-state index in [2.05, 4.69) is 60.3 Å². The summed E-state index contributed by atoms with van der Waals surface area (Å²) in [5.74, 6) is 1.43. The Morgan fingerprint density at radius 3 is 2.91 bits per heavy atom. The van der Waals surface area contributed by atoms with E-state index in [1.54, 1.807) is 6.08 Å². The summed E-state index contributed by atoms with van der Waals surface area (Å²) >= 11 is 1.82. The summed E-state index contributed by atoms with van der Waals surface area (Å²) < 4.78 is 13.9. The third-order valence-corrected chi connectivity index (χ3v) is 8.94. The largest absolute Gasteiger partial charge is 0.382 e. The highest BCUT2D eigenvalue weighted by Crippen LogP contribution is 2.63. The molecule has 5 nitrogen and oxygen atoms in total. The van der Waals surface area contributed by atoms with Gasteiger partial charge in [-0.25, -0.2) is 9.38 Å². The maximum absolute atomic E-state index is 13.9. The Morgan fingerprint density at radius 1 is 1.29 bits per heavy atom. The fourth-order valence-corrected chi connectivity index (χ4v) is 6.91. The van der Waals surface area contributed by atoms with Gasteiger partial charge in [0.2, 0.25) is 0 Å². The summed E-state index contributed by atoms with van der Waals surface area (Å²) in [5.41, 5.74) is 5.96. The van der Waals surface area contributed by atoms with E-state index in [1.807, 2.05) is 37.0 Å². The Labute approximate surface area is 212 Å². The molecule has 5 rings (SSSR count). The van der Waals surface area contributed by atoms with Gasteiger partial charge in [-0.15, -0.1) is 0 Å². The van der Waals surface area contributed by atoms with Crippen LogP contribution in [0.4, 0.5) is 4.39 Å². The Bertz CT molecular complexity index is 1140. The molecule has 4 N–H and O–H groups in total. The standard InChI is InChI=1S/C28H36FN5S/c1-5-31-23-17(2)24-27(34-25(23)30-4)35-26(33-24)21-12-8-9-13-28(15-22(21)28)18(3)32-16-19-10-6-7-11-20(29)14-19/h6-10,12,14,18,22,27,30-32,34H,5,11,13,15-16H2,1-4H3. The van der Waals surface area contributed by atoms with E-state index in [4.69, 9.17) is 4.99 Å². The Balaban J connectivity index is 1.33. The van der Waals surface area contributed by atoms with Crippen molar-refractivity contribution < 1.29 is 4.39 Å².